The van der Waals surface area contributed by atoms with E-state index in [0.29, 0.717) is 27.1 Å². The van der Waals surface area contributed by atoms with Crippen LogP contribution in [0.3, 0.4) is 0 Å². The molecule has 1 fully saturated rings. The average molecular weight is 711 g/mol. The zero-order valence-electron chi connectivity index (χ0n) is 28.8. The van der Waals surface area contributed by atoms with Crippen LogP contribution < -0.4 is 20.7 Å². The number of rotatable bonds is 8. The molecule has 14 nitrogen and oxygen atoms in total. The summed E-state index contributed by atoms with van der Waals surface area (Å²) in [6, 6.07) is 22.0. The molecule has 1 saturated heterocycles. The molecule has 0 radical (unpaired) electrons. The molecular weight excluding hydrogens is 673 g/mol. The highest BCUT2D eigenvalue weighted by Crippen LogP contribution is 2.33. The van der Waals surface area contributed by atoms with Gasteiger partial charge in [0.15, 0.2) is 0 Å². The summed E-state index contributed by atoms with van der Waals surface area (Å²) < 4.78 is 32.2. The van der Waals surface area contributed by atoms with Gasteiger partial charge in [-0.1, -0.05) is 62.7 Å². The van der Waals surface area contributed by atoms with E-state index in [1.165, 1.54) is 6.20 Å². The number of benzene rings is 3. The van der Waals surface area contributed by atoms with Crippen LogP contribution in [0.1, 0.15) is 37.6 Å². The van der Waals surface area contributed by atoms with Crippen molar-refractivity contribution >= 4 is 56.2 Å². The highest BCUT2D eigenvalue weighted by molar-refractivity contribution is 7.88. The monoisotopic (exact) mass is 710 g/mol. The van der Waals surface area contributed by atoms with Gasteiger partial charge in [-0.3, -0.25) is 10.6 Å². The van der Waals surface area contributed by atoms with Gasteiger partial charge in [0.2, 0.25) is 10.0 Å². The Kier molecular flexibility index (Phi) is 9.40. The molecule has 5 aromatic rings. The minimum Gasteiger partial charge on any atom is -0.488 e. The van der Waals surface area contributed by atoms with Gasteiger partial charge in [-0.2, -0.15) is 5.10 Å². The molecule has 2 aromatic heterocycles. The highest BCUT2D eigenvalue weighted by atomic mass is 32.2. The smallest absolute Gasteiger partial charge is 0.341 e. The van der Waals surface area contributed by atoms with E-state index in [2.05, 4.69) is 41.7 Å². The number of pyridine rings is 1. The summed E-state index contributed by atoms with van der Waals surface area (Å²) in [6.45, 7) is 8.14. The number of anilines is 3. The Labute approximate surface area is 295 Å². The van der Waals surface area contributed by atoms with Crippen molar-refractivity contribution in [3.8, 4) is 11.4 Å². The van der Waals surface area contributed by atoms with Gasteiger partial charge in [0.25, 0.3) is 0 Å². The number of aryl methyl sites for hydroxylation is 1. The van der Waals surface area contributed by atoms with Gasteiger partial charge >= 0.3 is 18.1 Å². The SMILES string of the molecule is Cc1ccc(-n2nc(C(C)(C)C)cc2NC(=O)Nc2ccc(OCc3ccnc(NC(=O)N4CCN(S(C)(=O)=O)C4=O)c3)c3ccccc23)cc1. The third kappa shape index (κ3) is 7.78. The Bertz CT molecular complexity index is 2250. The second-order valence-electron chi connectivity index (χ2n) is 13.2. The van der Waals surface area contributed by atoms with E-state index in [9.17, 15) is 22.8 Å². The molecule has 0 spiro atoms. The molecule has 3 N–H and O–H groups in total. The normalized spacial score (nSPS) is 13.4. The molecule has 15 heteroatoms. The maximum Gasteiger partial charge on any atom is 0.341 e. The van der Waals surface area contributed by atoms with Crippen molar-refractivity contribution in [3.05, 3.63) is 102 Å². The maximum atomic E-state index is 13.4. The first kappa shape index (κ1) is 34.9. The van der Waals surface area contributed by atoms with Crippen LogP contribution in [-0.4, -0.2) is 69.8 Å². The van der Waals surface area contributed by atoms with E-state index < -0.39 is 28.1 Å². The molecule has 0 atom stereocenters. The van der Waals surface area contributed by atoms with Gasteiger partial charge in [-0.15, -0.1) is 0 Å². The van der Waals surface area contributed by atoms with E-state index >= 15 is 0 Å². The number of fused-ring (bicyclic) bond motifs is 1. The van der Waals surface area contributed by atoms with E-state index in [1.54, 1.807) is 28.9 Å². The topological polar surface area (TPSA) is 168 Å². The van der Waals surface area contributed by atoms with E-state index in [1.807, 2.05) is 61.5 Å². The zero-order valence-corrected chi connectivity index (χ0v) is 29.6. The van der Waals surface area contributed by atoms with Crippen LogP contribution in [-0.2, 0) is 22.0 Å². The summed E-state index contributed by atoms with van der Waals surface area (Å²) in [5, 5.41) is 14.8. The molecule has 6 amide bonds. The first-order chi connectivity index (χ1) is 24.2. The van der Waals surface area contributed by atoms with E-state index in [4.69, 9.17) is 9.84 Å². The van der Waals surface area contributed by atoms with Crippen molar-refractivity contribution in [2.24, 2.45) is 0 Å². The predicted octanol–water partition coefficient (Wildman–Crippen LogP) is 6.48. The summed E-state index contributed by atoms with van der Waals surface area (Å²) in [7, 11) is -3.78. The lowest BCUT2D eigenvalue weighted by Gasteiger charge is -2.16. The molecule has 3 aromatic carbocycles. The fourth-order valence-corrected chi connectivity index (χ4v) is 6.27. The molecule has 0 aliphatic carbocycles. The first-order valence-corrected chi connectivity index (χ1v) is 18.0. The van der Waals surface area contributed by atoms with E-state index in [-0.39, 0.29) is 30.9 Å². The number of hydrogen-bond donors (Lipinski definition) is 3. The predicted molar refractivity (Wildman–Crippen MR) is 195 cm³/mol. The zero-order chi connectivity index (χ0) is 36.5. The highest BCUT2D eigenvalue weighted by Gasteiger charge is 2.38. The molecule has 1 aliphatic rings. The lowest BCUT2D eigenvalue weighted by Crippen LogP contribution is -2.40. The first-order valence-electron chi connectivity index (χ1n) is 16.1. The molecule has 1 aliphatic heterocycles. The minimum absolute atomic E-state index is 0.0730. The van der Waals surface area contributed by atoms with Crippen molar-refractivity contribution in [3.63, 3.8) is 0 Å². The standard InChI is InChI=1S/C36H38N8O6S/c1-23-10-12-25(13-11-23)44-32(21-30(41-44)36(2,3)4)40-33(45)38-28-14-15-29(27-9-7-6-8-26(27)28)50-22-24-16-17-37-31(20-24)39-34(46)42-18-19-43(35(42)47)51(5,48)49/h6-17,20-21H,18-19,22H2,1-5H3,(H,37,39,46)(H2,38,40,45). The quantitative estimate of drug-likeness (QED) is 0.165. The number of nitrogens with one attached hydrogen (secondary N) is 3. The van der Waals surface area contributed by atoms with Gasteiger partial charge < -0.3 is 10.1 Å². The van der Waals surface area contributed by atoms with Gasteiger partial charge in [0.05, 0.1) is 36.4 Å². The number of amides is 6. The number of urea groups is 3. The van der Waals surface area contributed by atoms with Gasteiger partial charge in [-0.25, -0.2) is 41.7 Å². The minimum atomic E-state index is -3.78. The van der Waals surface area contributed by atoms with Crippen molar-refractivity contribution in [2.75, 3.05) is 35.3 Å². The number of sulfonamides is 1. The Morgan fingerprint density at radius 2 is 1.63 bits per heavy atom. The number of nitrogens with zero attached hydrogens (tertiary/aromatic N) is 5. The van der Waals surface area contributed by atoms with Crippen molar-refractivity contribution in [1.82, 2.24) is 24.0 Å². The number of carbonyl (C=O) groups is 3. The lowest BCUT2D eigenvalue weighted by atomic mass is 9.92. The van der Waals surface area contributed by atoms with Crippen LogP contribution in [0.2, 0.25) is 0 Å². The van der Waals surface area contributed by atoms with E-state index in [0.717, 1.165) is 38.9 Å². The summed E-state index contributed by atoms with van der Waals surface area (Å²) in [5.41, 5.74) is 3.79. The van der Waals surface area contributed by atoms with Crippen LogP contribution in [0.5, 0.6) is 5.75 Å². The largest absolute Gasteiger partial charge is 0.488 e. The Morgan fingerprint density at radius 1 is 0.902 bits per heavy atom. The molecule has 0 bridgehead atoms. The Hall–Kier alpha value is -5.96. The molecular formula is C36H38N8O6S. The van der Waals surface area contributed by atoms with Crippen molar-refractivity contribution in [1.29, 1.82) is 0 Å². The maximum absolute atomic E-state index is 13.4. The number of hydrogen-bond acceptors (Lipinski definition) is 8. The summed E-state index contributed by atoms with van der Waals surface area (Å²) in [4.78, 5) is 43.5. The van der Waals surface area contributed by atoms with Crippen LogP contribution >= 0.6 is 0 Å². The van der Waals surface area contributed by atoms with Crippen molar-refractivity contribution < 1.29 is 27.5 Å². The van der Waals surface area contributed by atoms with Gasteiger partial charge in [0.1, 0.15) is 24.0 Å². The molecule has 6 rings (SSSR count). The Morgan fingerprint density at radius 3 is 2.31 bits per heavy atom. The number of ether oxygens (including phenoxy) is 1. The van der Waals surface area contributed by atoms with Gasteiger partial charge in [-0.05, 0) is 48.9 Å². The summed E-state index contributed by atoms with van der Waals surface area (Å²) in [6.07, 6.45) is 2.40. The average Bonchev–Trinajstić information content (AvgIpc) is 3.69. The van der Waals surface area contributed by atoms with Crippen molar-refractivity contribution in [2.45, 2.75) is 39.7 Å². The third-order valence-corrected chi connectivity index (χ3v) is 9.34. The lowest BCUT2D eigenvalue weighted by molar-refractivity contribution is 0.201. The second kappa shape index (κ2) is 13.7. The number of carbonyl (C=O) groups excluding carboxylic acids is 3. The molecule has 264 valence electrons. The molecule has 3 heterocycles. The summed E-state index contributed by atoms with van der Waals surface area (Å²) in [5.74, 6) is 1.26. The number of imide groups is 1. The van der Waals surface area contributed by atoms with Crippen LogP contribution in [0.4, 0.5) is 31.7 Å². The van der Waals surface area contributed by atoms with Crippen LogP contribution in [0.25, 0.3) is 16.5 Å². The molecule has 0 unspecified atom stereocenters. The Balaban J connectivity index is 1.15. The fraction of sp³-hybridized carbons (Fsp3) is 0.250. The second-order valence-corrected chi connectivity index (χ2v) is 15.1. The summed E-state index contributed by atoms with van der Waals surface area (Å²) >= 11 is 0. The fourth-order valence-electron chi connectivity index (χ4n) is 5.48. The van der Waals surface area contributed by atoms with Crippen LogP contribution in [0.15, 0.2) is 85.1 Å². The molecule has 0 saturated carbocycles. The van der Waals surface area contributed by atoms with Crippen LogP contribution in [0, 0.1) is 6.92 Å². The van der Waals surface area contributed by atoms with Gasteiger partial charge in [0, 0.05) is 28.5 Å². The number of aromatic nitrogens is 3. The molecule has 51 heavy (non-hydrogen) atoms. The third-order valence-electron chi connectivity index (χ3n) is 8.20.